The quantitative estimate of drug-likeness (QED) is 0.331. The molecule has 2 N–H and O–H groups in total. The van der Waals surface area contributed by atoms with E-state index in [1.807, 2.05) is 13.0 Å². The lowest BCUT2D eigenvalue weighted by Crippen LogP contribution is -2.39. The van der Waals surface area contributed by atoms with Gasteiger partial charge in [-0.15, -0.1) is 0 Å². The molecule has 0 unspecified atom stereocenters. The Morgan fingerprint density at radius 3 is 2.64 bits per heavy atom. The Hall–Kier alpha value is -2.86. The number of aromatic nitrogens is 4. The number of benzene rings is 1. The van der Waals surface area contributed by atoms with Gasteiger partial charge >= 0.3 is 0 Å². The summed E-state index contributed by atoms with van der Waals surface area (Å²) in [5.74, 6) is 0.964. The third-order valence-electron chi connectivity index (χ3n) is 6.22. The molecule has 1 aliphatic heterocycles. The zero-order chi connectivity index (χ0) is 25.3. The van der Waals surface area contributed by atoms with Crippen molar-refractivity contribution in [3.63, 3.8) is 0 Å². The van der Waals surface area contributed by atoms with E-state index in [9.17, 15) is 8.42 Å². The van der Waals surface area contributed by atoms with Crippen LogP contribution in [-0.4, -0.2) is 47.5 Å². The van der Waals surface area contributed by atoms with Crippen LogP contribution in [0.25, 0.3) is 10.2 Å². The van der Waals surface area contributed by atoms with Crippen molar-refractivity contribution in [1.82, 2.24) is 24.7 Å². The third-order valence-corrected chi connectivity index (χ3v) is 8.78. The highest BCUT2D eigenvalue weighted by Crippen LogP contribution is 2.30. The first-order valence-electron chi connectivity index (χ1n) is 11.6. The van der Waals surface area contributed by atoms with E-state index in [-0.39, 0.29) is 11.4 Å². The third kappa shape index (κ3) is 5.59. The Bertz CT molecular complexity index is 1500. The number of halogens is 1. The molecule has 0 aliphatic carbocycles. The minimum Gasteiger partial charge on any atom is -0.359 e. The smallest absolute Gasteiger partial charge is 0.240 e. The number of hydrogen-bond donors (Lipinski definition) is 2. The lowest BCUT2D eigenvalue weighted by atomic mass is 10.1. The number of pyridine rings is 1. The van der Waals surface area contributed by atoms with E-state index in [1.54, 1.807) is 43.6 Å². The first kappa shape index (κ1) is 24.8. The van der Waals surface area contributed by atoms with E-state index in [0.29, 0.717) is 16.9 Å². The molecule has 1 aliphatic rings. The van der Waals surface area contributed by atoms with Crippen molar-refractivity contribution in [3.8, 4) is 0 Å². The zero-order valence-electron chi connectivity index (χ0n) is 19.9. The number of thiazole rings is 1. The fraction of sp³-hybridized carbons (Fsp3) is 0.333. The molecule has 0 amide bonds. The minimum absolute atomic E-state index is 0.138. The van der Waals surface area contributed by atoms with E-state index >= 15 is 0 Å². The molecule has 0 radical (unpaired) electrons. The molecule has 36 heavy (non-hydrogen) atoms. The SMILES string of the molecule is Cc1cc(N2CCC(Nc3nc4ccc(S(=O)(=O)NCc5ccc(Cl)nc5C)cc4s3)CC2)ncn1. The van der Waals surface area contributed by atoms with Crippen LogP contribution in [0.2, 0.25) is 5.15 Å². The fourth-order valence-electron chi connectivity index (χ4n) is 4.18. The molecule has 188 valence electrons. The van der Waals surface area contributed by atoms with Gasteiger partial charge in [0, 0.05) is 43.1 Å². The van der Waals surface area contributed by atoms with Crippen LogP contribution in [0, 0.1) is 13.8 Å². The molecular formula is C24H26ClN7O2S2. The predicted octanol–water partition coefficient (Wildman–Crippen LogP) is 4.31. The number of hydrogen-bond acceptors (Lipinski definition) is 9. The van der Waals surface area contributed by atoms with Crippen molar-refractivity contribution in [2.45, 2.75) is 44.2 Å². The molecule has 1 fully saturated rings. The van der Waals surface area contributed by atoms with Crippen molar-refractivity contribution in [2.75, 3.05) is 23.3 Å². The topological polar surface area (TPSA) is 113 Å². The highest BCUT2D eigenvalue weighted by molar-refractivity contribution is 7.89. The molecule has 0 spiro atoms. The normalized spacial score (nSPS) is 14.9. The maximum absolute atomic E-state index is 12.9. The molecule has 12 heteroatoms. The van der Waals surface area contributed by atoms with Gasteiger partial charge in [0.05, 0.1) is 15.1 Å². The number of nitrogens with one attached hydrogen (secondary N) is 2. The molecule has 1 saturated heterocycles. The number of sulfonamides is 1. The molecule has 5 rings (SSSR count). The number of piperidine rings is 1. The van der Waals surface area contributed by atoms with Crippen LogP contribution in [0.15, 0.2) is 47.6 Å². The number of anilines is 2. The van der Waals surface area contributed by atoms with Gasteiger partial charge < -0.3 is 10.2 Å². The maximum Gasteiger partial charge on any atom is 0.240 e. The van der Waals surface area contributed by atoms with Crippen LogP contribution in [0.1, 0.15) is 29.8 Å². The lowest BCUT2D eigenvalue weighted by Gasteiger charge is -2.33. The van der Waals surface area contributed by atoms with Gasteiger partial charge in [0.2, 0.25) is 10.0 Å². The van der Waals surface area contributed by atoms with Crippen molar-refractivity contribution < 1.29 is 8.42 Å². The van der Waals surface area contributed by atoms with Crippen LogP contribution < -0.4 is 14.9 Å². The fourth-order valence-corrected chi connectivity index (χ4v) is 6.46. The van der Waals surface area contributed by atoms with E-state index in [1.165, 1.54) is 11.3 Å². The van der Waals surface area contributed by atoms with Gasteiger partial charge in [-0.3, -0.25) is 0 Å². The molecule has 9 nitrogen and oxygen atoms in total. The molecule has 0 atom stereocenters. The Labute approximate surface area is 219 Å². The number of aryl methyl sites for hydroxylation is 2. The van der Waals surface area contributed by atoms with Gasteiger partial charge in [-0.1, -0.05) is 29.0 Å². The monoisotopic (exact) mass is 543 g/mol. The van der Waals surface area contributed by atoms with Crippen LogP contribution in [0.4, 0.5) is 10.9 Å². The molecule has 3 aromatic heterocycles. The Morgan fingerprint density at radius 2 is 1.89 bits per heavy atom. The minimum atomic E-state index is -3.70. The summed E-state index contributed by atoms with van der Waals surface area (Å²) in [4.78, 5) is 19.9. The summed E-state index contributed by atoms with van der Waals surface area (Å²) in [6.07, 6.45) is 3.53. The summed E-state index contributed by atoms with van der Waals surface area (Å²) >= 11 is 7.36. The first-order valence-corrected chi connectivity index (χ1v) is 14.3. The highest BCUT2D eigenvalue weighted by Gasteiger charge is 2.22. The van der Waals surface area contributed by atoms with Gasteiger partial charge in [0.15, 0.2) is 5.13 Å². The summed E-state index contributed by atoms with van der Waals surface area (Å²) < 4.78 is 29.3. The molecule has 0 saturated carbocycles. The van der Waals surface area contributed by atoms with Crippen LogP contribution >= 0.6 is 22.9 Å². The predicted molar refractivity (Wildman–Crippen MR) is 143 cm³/mol. The molecule has 0 bridgehead atoms. The van der Waals surface area contributed by atoms with Crippen molar-refractivity contribution >= 4 is 54.1 Å². The van der Waals surface area contributed by atoms with Crippen molar-refractivity contribution in [1.29, 1.82) is 0 Å². The molecule has 4 aromatic rings. The first-order chi connectivity index (χ1) is 17.3. The van der Waals surface area contributed by atoms with E-state index in [2.05, 4.69) is 34.9 Å². The van der Waals surface area contributed by atoms with Gasteiger partial charge in [0.25, 0.3) is 0 Å². The average molecular weight is 544 g/mol. The van der Waals surface area contributed by atoms with Gasteiger partial charge in [-0.25, -0.2) is 33.1 Å². The number of rotatable bonds is 7. The van der Waals surface area contributed by atoms with Crippen molar-refractivity contribution in [3.05, 3.63) is 64.8 Å². The second kappa shape index (κ2) is 10.3. The maximum atomic E-state index is 12.9. The average Bonchev–Trinajstić information content (AvgIpc) is 3.25. The van der Waals surface area contributed by atoms with E-state index in [4.69, 9.17) is 11.6 Å². The van der Waals surface area contributed by atoms with Crippen molar-refractivity contribution in [2.24, 2.45) is 0 Å². The molecule has 4 heterocycles. The summed E-state index contributed by atoms with van der Waals surface area (Å²) in [6, 6.07) is 10.7. The number of nitrogens with zero attached hydrogens (tertiary/aromatic N) is 5. The van der Waals surface area contributed by atoms with Crippen LogP contribution in [0.5, 0.6) is 0 Å². The lowest BCUT2D eigenvalue weighted by molar-refractivity contribution is 0.523. The van der Waals surface area contributed by atoms with Gasteiger partial charge in [-0.2, -0.15) is 0 Å². The number of fused-ring (bicyclic) bond motifs is 1. The Kier molecular flexibility index (Phi) is 7.07. The Balaban J connectivity index is 1.23. The Morgan fingerprint density at radius 1 is 1.08 bits per heavy atom. The van der Waals surface area contributed by atoms with Crippen LogP contribution in [-0.2, 0) is 16.6 Å². The molecule has 1 aromatic carbocycles. The summed E-state index contributed by atoms with van der Waals surface area (Å²) in [5.41, 5.74) is 3.20. The summed E-state index contributed by atoms with van der Waals surface area (Å²) in [7, 11) is -3.70. The second-order valence-electron chi connectivity index (χ2n) is 8.77. The van der Waals surface area contributed by atoms with Gasteiger partial charge in [-0.05, 0) is 56.5 Å². The largest absolute Gasteiger partial charge is 0.359 e. The second-order valence-corrected chi connectivity index (χ2v) is 12.0. The van der Waals surface area contributed by atoms with E-state index in [0.717, 1.165) is 58.4 Å². The summed E-state index contributed by atoms with van der Waals surface area (Å²) in [5, 5.41) is 4.71. The summed E-state index contributed by atoms with van der Waals surface area (Å²) in [6.45, 7) is 5.70. The van der Waals surface area contributed by atoms with Crippen LogP contribution in [0.3, 0.4) is 0 Å². The standard InChI is InChI=1S/C24H26ClN7O2S2/c1-15-11-23(27-14-26-15)32-9-7-18(8-10-32)30-24-31-20-5-4-19(12-21(20)35-24)36(33,34)28-13-17-3-6-22(25)29-16(17)2/h3-6,11-12,14,18,28H,7-10,13H2,1-2H3,(H,30,31). The molecular weight excluding hydrogens is 518 g/mol. The zero-order valence-corrected chi connectivity index (χ0v) is 22.3. The highest BCUT2D eigenvalue weighted by atomic mass is 35.5. The van der Waals surface area contributed by atoms with Gasteiger partial charge in [0.1, 0.15) is 17.3 Å². The van der Waals surface area contributed by atoms with E-state index < -0.39 is 10.0 Å².